The van der Waals surface area contributed by atoms with Crippen molar-refractivity contribution in [2.45, 2.75) is 53.4 Å². The van der Waals surface area contributed by atoms with Crippen LogP contribution in [0.25, 0.3) is 0 Å². The lowest BCUT2D eigenvalue weighted by Gasteiger charge is -2.29. The van der Waals surface area contributed by atoms with Gasteiger partial charge in [0.25, 0.3) is 5.56 Å². The monoisotopic (exact) mass is 386 g/mol. The Morgan fingerprint density at radius 2 is 2.04 bits per heavy atom. The van der Waals surface area contributed by atoms with Crippen LogP contribution < -0.4 is 11.2 Å². The number of hydrogen-bond donors (Lipinski definition) is 3. The molecule has 0 radical (unpaired) electrons. The van der Waals surface area contributed by atoms with Crippen molar-refractivity contribution in [3.8, 4) is 0 Å². The van der Waals surface area contributed by atoms with Crippen molar-refractivity contribution < 1.29 is 19.1 Å². The van der Waals surface area contributed by atoms with E-state index >= 15 is 0 Å². The van der Waals surface area contributed by atoms with E-state index in [-0.39, 0.29) is 23.6 Å². The molecule has 0 bridgehead atoms. The van der Waals surface area contributed by atoms with Gasteiger partial charge in [0.1, 0.15) is 6.23 Å². The van der Waals surface area contributed by atoms with Crippen molar-refractivity contribution in [3.63, 3.8) is 0 Å². The van der Waals surface area contributed by atoms with Crippen molar-refractivity contribution in [1.82, 2.24) is 9.55 Å². The Labute approximate surface area is 152 Å². The van der Waals surface area contributed by atoms with Crippen LogP contribution in [0.2, 0.25) is 0 Å². The summed E-state index contributed by atoms with van der Waals surface area (Å²) in [5, 5.41) is 0. The maximum absolute atomic E-state index is 12.2. The van der Waals surface area contributed by atoms with Crippen molar-refractivity contribution in [2.24, 2.45) is 11.3 Å². The minimum absolute atomic E-state index is 0.0401. The molecule has 0 aliphatic carbocycles. The second-order valence-electron chi connectivity index (χ2n) is 8.08. The Bertz CT molecular complexity index is 857. The molecule has 1 saturated heterocycles. The predicted molar refractivity (Wildman–Crippen MR) is 98.2 cm³/mol. The standard InChI is InChI=1S/C17H27N2O6P/c1-10(9-26(22,23)24)6-13-12(17(3,4)5)7-14(25-13)19-8-11(2)15(20)18-16(19)21/h6,8,12-14H,7,9H2,1-5H3,(H,18,20,21)(H2,22,23,24)/t12-,13?,14-/m1/s1. The average Bonchev–Trinajstić information content (AvgIpc) is 2.84. The zero-order valence-corrected chi connectivity index (χ0v) is 16.6. The molecule has 3 atom stereocenters. The highest BCUT2D eigenvalue weighted by Crippen LogP contribution is 2.45. The first kappa shape index (κ1) is 20.8. The molecular formula is C17H27N2O6P. The fourth-order valence-corrected chi connectivity index (χ4v) is 4.08. The summed E-state index contributed by atoms with van der Waals surface area (Å²) < 4.78 is 18.7. The molecule has 8 nitrogen and oxygen atoms in total. The number of aromatic amines is 1. The Morgan fingerprint density at radius 1 is 1.42 bits per heavy atom. The number of aromatic nitrogens is 2. The molecule has 0 amide bonds. The van der Waals surface area contributed by atoms with Crippen molar-refractivity contribution in [1.29, 1.82) is 0 Å². The van der Waals surface area contributed by atoms with Crippen LogP contribution in [-0.2, 0) is 9.30 Å². The van der Waals surface area contributed by atoms with Gasteiger partial charge in [0.15, 0.2) is 0 Å². The Balaban J connectivity index is 2.36. The van der Waals surface area contributed by atoms with Crippen LogP contribution in [0, 0.1) is 18.3 Å². The minimum Gasteiger partial charge on any atom is -0.350 e. The lowest BCUT2D eigenvalue weighted by Crippen LogP contribution is -2.33. The second kappa shape index (κ2) is 7.27. The van der Waals surface area contributed by atoms with Gasteiger partial charge >= 0.3 is 13.3 Å². The molecule has 1 unspecified atom stereocenters. The van der Waals surface area contributed by atoms with Crippen LogP contribution in [0.15, 0.2) is 27.4 Å². The number of aryl methyl sites for hydroxylation is 1. The van der Waals surface area contributed by atoms with E-state index in [0.29, 0.717) is 17.6 Å². The van der Waals surface area contributed by atoms with Gasteiger partial charge in [0.05, 0.1) is 12.3 Å². The summed E-state index contributed by atoms with van der Waals surface area (Å²) in [6, 6.07) is 0. The maximum atomic E-state index is 12.2. The SMILES string of the molecule is CC(=CC1O[C@@H](n2cc(C)c(=O)[nH]c2=O)C[C@H]1C(C)(C)C)CP(=O)(O)O. The summed E-state index contributed by atoms with van der Waals surface area (Å²) in [5.41, 5.74) is -0.139. The van der Waals surface area contributed by atoms with Gasteiger partial charge in [-0.25, -0.2) is 4.79 Å². The molecule has 1 fully saturated rings. The molecule has 1 aliphatic rings. The Kier molecular flexibility index (Phi) is 5.83. The number of H-pyrrole nitrogens is 1. The van der Waals surface area contributed by atoms with Crippen LogP contribution in [0.5, 0.6) is 0 Å². The lowest BCUT2D eigenvalue weighted by molar-refractivity contribution is 0.00825. The molecule has 2 rings (SSSR count). The van der Waals surface area contributed by atoms with Gasteiger partial charge in [-0.15, -0.1) is 0 Å². The smallest absolute Gasteiger partial charge is 0.330 e. The van der Waals surface area contributed by atoms with E-state index in [1.54, 1.807) is 19.9 Å². The molecule has 2 heterocycles. The summed E-state index contributed by atoms with van der Waals surface area (Å²) in [6.45, 7) is 9.45. The molecule has 26 heavy (non-hydrogen) atoms. The molecule has 1 aromatic heterocycles. The van der Waals surface area contributed by atoms with Crippen LogP contribution in [0.1, 0.15) is 45.9 Å². The van der Waals surface area contributed by atoms with Gasteiger partial charge in [-0.3, -0.25) is 18.9 Å². The number of nitrogens with one attached hydrogen (secondary N) is 1. The second-order valence-corrected chi connectivity index (χ2v) is 9.72. The van der Waals surface area contributed by atoms with Crippen molar-refractivity contribution in [3.05, 3.63) is 44.2 Å². The van der Waals surface area contributed by atoms with Crippen LogP contribution in [-0.4, -0.2) is 31.6 Å². The molecule has 1 aromatic rings. The van der Waals surface area contributed by atoms with E-state index in [1.165, 1.54) is 10.8 Å². The topological polar surface area (TPSA) is 122 Å². The summed E-state index contributed by atoms with van der Waals surface area (Å²) >= 11 is 0. The van der Waals surface area contributed by atoms with Gasteiger partial charge < -0.3 is 14.5 Å². The van der Waals surface area contributed by atoms with Gasteiger partial charge in [-0.2, -0.15) is 0 Å². The summed E-state index contributed by atoms with van der Waals surface area (Å²) in [7, 11) is -4.15. The summed E-state index contributed by atoms with van der Waals surface area (Å²) in [6.07, 6.45) is 2.52. The molecule has 0 aromatic carbocycles. The van der Waals surface area contributed by atoms with E-state index < -0.39 is 25.1 Å². The highest BCUT2D eigenvalue weighted by Gasteiger charge is 2.42. The van der Waals surface area contributed by atoms with Gasteiger partial charge in [0, 0.05) is 11.8 Å². The minimum atomic E-state index is -4.15. The zero-order valence-electron chi connectivity index (χ0n) is 15.7. The first-order valence-corrected chi connectivity index (χ1v) is 10.3. The highest BCUT2D eigenvalue weighted by atomic mass is 31.2. The Hall–Kier alpha value is -1.47. The Morgan fingerprint density at radius 3 is 2.58 bits per heavy atom. The van der Waals surface area contributed by atoms with E-state index in [1.807, 2.05) is 0 Å². The zero-order chi connectivity index (χ0) is 19.9. The molecule has 0 spiro atoms. The third kappa shape index (κ3) is 5.04. The quantitative estimate of drug-likeness (QED) is 0.537. The summed E-state index contributed by atoms with van der Waals surface area (Å²) in [4.78, 5) is 44.3. The van der Waals surface area contributed by atoms with E-state index in [2.05, 4.69) is 25.8 Å². The maximum Gasteiger partial charge on any atom is 0.330 e. The number of nitrogens with zero attached hydrogens (tertiary/aromatic N) is 1. The number of hydrogen-bond acceptors (Lipinski definition) is 4. The number of ether oxygens (including phenoxy) is 1. The molecule has 0 saturated carbocycles. The van der Waals surface area contributed by atoms with Gasteiger partial charge in [-0.1, -0.05) is 32.4 Å². The van der Waals surface area contributed by atoms with Crippen LogP contribution in [0.3, 0.4) is 0 Å². The predicted octanol–water partition coefficient (Wildman–Crippen LogP) is 1.92. The van der Waals surface area contributed by atoms with Crippen molar-refractivity contribution in [2.75, 3.05) is 6.16 Å². The fourth-order valence-electron chi connectivity index (χ4n) is 3.32. The van der Waals surface area contributed by atoms with E-state index in [4.69, 9.17) is 14.5 Å². The molecule has 1 aliphatic heterocycles. The lowest BCUT2D eigenvalue weighted by atomic mass is 9.76. The van der Waals surface area contributed by atoms with Crippen LogP contribution in [0.4, 0.5) is 0 Å². The number of allylic oxidation sites excluding steroid dienone is 1. The number of rotatable bonds is 4. The van der Waals surface area contributed by atoms with Gasteiger partial charge in [0.2, 0.25) is 0 Å². The first-order chi connectivity index (χ1) is 11.8. The van der Waals surface area contributed by atoms with Gasteiger partial charge in [-0.05, 0) is 31.6 Å². The van der Waals surface area contributed by atoms with Crippen LogP contribution >= 0.6 is 7.60 Å². The largest absolute Gasteiger partial charge is 0.350 e. The first-order valence-electron chi connectivity index (χ1n) is 8.47. The third-order valence-electron chi connectivity index (χ3n) is 4.64. The van der Waals surface area contributed by atoms with E-state index in [9.17, 15) is 14.2 Å². The third-order valence-corrected chi connectivity index (χ3v) is 5.55. The molecule has 3 N–H and O–H groups in total. The van der Waals surface area contributed by atoms with E-state index in [0.717, 1.165) is 0 Å². The normalized spacial score (nSPS) is 24.9. The molecular weight excluding hydrogens is 359 g/mol. The molecule has 9 heteroatoms. The summed E-state index contributed by atoms with van der Waals surface area (Å²) in [5.74, 6) is 0.0401. The molecule has 146 valence electrons. The average molecular weight is 386 g/mol. The van der Waals surface area contributed by atoms with Crippen molar-refractivity contribution >= 4 is 7.60 Å². The fraction of sp³-hybridized carbons (Fsp3) is 0.647. The highest BCUT2D eigenvalue weighted by molar-refractivity contribution is 7.52.